The molecule has 0 aromatic heterocycles. The number of carbonyl (C=O) groups excluding carboxylic acids is 1. The second-order valence-corrected chi connectivity index (χ2v) is 5.36. The molecule has 1 amide bonds. The van der Waals surface area contributed by atoms with Crippen LogP contribution in [0.2, 0.25) is 0 Å². The highest BCUT2D eigenvalue weighted by Crippen LogP contribution is 2.45. The molecule has 4 nitrogen and oxygen atoms in total. The number of hydrogen-bond donors (Lipinski definition) is 1. The van der Waals surface area contributed by atoms with E-state index in [2.05, 4.69) is 0 Å². The minimum atomic E-state index is -0.593. The molecule has 0 radical (unpaired) electrons. The maximum atomic E-state index is 11.9. The van der Waals surface area contributed by atoms with Crippen molar-refractivity contribution in [3.05, 3.63) is 29.8 Å². The monoisotopic (exact) mass is 246 g/mol. The van der Waals surface area contributed by atoms with E-state index in [0.29, 0.717) is 6.54 Å². The first-order valence-electron chi connectivity index (χ1n) is 6.40. The molecule has 1 aliphatic heterocycles. The molecule has 2 aliphatic rings. The molecule has 1 saturated carbocycles. The van der Waals surface area contributed by atoms with Crippen molar-refractivity contribution in [1.82, 2.24) is 4.90 Å². The van der Waals surface area contributed by atoms with Gasteiger partial charge in [-0.3, -0.25) is 9.69 Å². The summed E-state index contributed by atoms with van der Waals surface area (Å²) in [6.45, 7) is 2.11. The maximum absolute atomic E-state index is 11.9. The molecular weight excluding hydrogens is 228 g/mol. The number of amides is 1. The van der Waals surface area contributed by atoms with Crippen molar-refractivity contribution in [3.63, 3.8) is 0 Å². The van der Waals surface area contributed by atoms with E-state index in [1.165, 1.54) is 0 Å². The van der Waals surface area contributed by atoms with Gasteiger partial charge >= 0.3 is 0 Å². The summed E-state index contributed by atoms with van der Waals surface area (Å²) in [6.07, 6.45) is 1.69. The van der Waals surface area contributed by atoms with Crippen LogP contribution in [0.25, 0.3) is 0 Å². The quantitative estimate of drug-likeness (QED) is 0.845. The predicted octanol–water partition coefficient (Wildman–Crippen LogP) is 0.946. The lowest BCUT2D eigenvalue weighted by Gasteiger charge is -2.32. The molecule has 0 spiro atoms. The molecule has 1 saturated heterocycles. The number of aliphatic hydroxyl groups is 1. The van der Waals surface area contributed by atoms with Gasteiger partial charge in [-0.1, -0.05) is 12.1 Å². The molecule has 0 bridgehead atoms. The molecule has 0 atom stereocenters. The van der Waals surface area contributed by atoms with Crippen molar-refractivity contribution < 1.29 is 9.90 Å². The number of carbonyl (C=O) groups is 1. The van der Waals surface area contributed by atoms with Crippen LogP contribution in [0, 0.1) is 0 Å². The Morgan fingerprint density at radius 3 is 2.39 bits per heavy atom. The van der Waals surface area contributed by atoms with Gasteiger partial charge in [-0.25, -0.2) is 0 Å². The van der Waals surface area contributed by atoms with E-state index in [1.807, 2.05) is 41.1 Å². The highest BCUT2D eigenvalue weighted by Gasteiger charge is 2.42. The van der Waals surface area contributed by atoms with Gasteiger partial charge in [0.05, 0.1) is 12.1 Å². The van der Waals surface area contributed by atoms with E-state index in [9.17, 15) is 9.90 Å². The minimum Gasteiger partial charge on any atom is -0.385 e. The molecule has 1 aliphatic carbocycles. The van der Waals surface area contributed by atoms with Gasteiger partial charge in [-0.15, -0.1) is 0 Å². The lowest BCUT2D eigenvalue weighted by molar-refractivity contribution is -0.120. The number of benzene rings is 1. The van der Waals surface area contributed by atoms with E-state index in [0.717, 1.165) is 37.2 Å². The van der Waals surface area contributed by atoms with Crippen LogP contribution in [-0.4, -0.2) is 42.6 Å². The Balaban J connectivity index is 1.78. The Hall–Kier alpha value is -1.39. The Morgan fingerprint density at radius 2 is 1.83 bits per heavy atom. The van der Waals surface area contributed by atoms with E-state index >= 15 is 0 Å². The molecule has 0 unspecified atom stereocenters. The van der Waals surface area contributed by atoms with Gasteiger partial charge in [0.15, 0.2) is 0 Å². The number of piperazine rings is 1. The SMILES string of the molecule is CN1CCN(c2ccc(C3(O)CC3)cc2)C(=O)C1. The first kappa shape index (κ1) is 11.7. The van der Waals surface area contributed by atoms with Gasteiger partial charge in [0.1, 0.15) is 0 Å². The topological polar surface area (TPSA) is 43.8 Å². The van der Waals surface area contributed by atoms with Crippen molar-refractivity contribution in [1.29, 1.82) is 0 Å². The molecule has 1 aromatic rings. The maximum Gasteiger partial charge on any atom is 0.241 e. The van der Waals surface area contributed by atoms with Crippen molar-refractivity contribution in [2.75, 3.05) is 31.6 Å². The summed E-state index contributed by atoms with van der Waals surface area (Å²) in [5.74, 6) is 0.140. The molecular formula is C14H18N2O2. The van der Waals surface area contributed by atoms with Crippen molar-refractivity contribution >= 4 is 11.6 Å². The summed E-state index contributed by atoms with van der Waals surface area (Å²) in [4.78, 5) is 15.8. The molecule has 4 heteroatoms. The zero-order valence-corrected chi connectivity index (χ0v) is 10.6. The highest BCUT2D eigenvalue weighted by molar-refractivity contribution is 5.95. The Bertz CT molecular complexity index is 465. The van der Waals surface area contributed by atoms with Crippen LogP contribution in [0.1, 0.15) is 18.4 Å². The number of likely N-dealkylation sites (N-methyl/N-ethyl adjacent to an activating group) is 1. The minimum absolute atomic E-state index is 0.140. The highest BCUT2D eigenvalue weighted by atomic mass is 16.3. The van der Waals surface area contributed by atoms with Gasteiger partial charge in [0.2, 0.25) is 5.91 Å². The fourth-order valence-corrected chi connectivity index (χ4v) is 2.42. The summed E-state index contributed by atoms with van der Waals surface area (Å²) < 4.78 is 0. The van der Waals surface area contributed by atoms with Crippen LogP contribution in [0.5, 0.6) is 0 Å². The van der Waals surface area contributed by atoms with E-state index in [4.69, 9.17) is 0 Å². The average Bonchev–Trinajstić information content (AvgIpc) is 3.09. The van der Waals surface area contributed by atoms with Crippen LogP contribution < -0.4 is 4.90 Å². The van der Waals surface area contributed by atoms with E-state index in [-0.39, 0.29) is 5.91 Å². The molecule has 1 heterocycles. The second-order valence-electron chi connectivity index (χ2n) is 5.36. The van der Waals surface area contributed by atoms with Gasteiger partial charge in [-0.05, 0) is 37.6 Å². The fraction of sp³-hybridized carbons (Fsp3) is 0.500. The van der Waals surface area contributed by atoms with E-state index < -0.39 is 5.60 Å². The smallest absolute Gasteiger partial charge is 0.241 e. The lowest BCUT2D eigenvalue weighted by atomic mass is 10.1. The standard InChI is InChI=1S/C14H18N2O2/c1-15-8-9-16(13(17)10-15)12-4-2-11(3-5-12)14(18)6-7-14/h2-5,18H,6-10H2,1H3. The van der Waals surface area contributed by atoms with Gasteiger partial charge in [0.25, 0.3) is 0 Å². The summed E-state index contributed by atoms with van der Waals surface area (Å²) in [5, 5.41) is 10.0. The molecule has 2 fully saturated rings. The van der Waals surface area contributed by atoms with Gasteiger partial charge in [0, 0.05) is 18.8 Å². The summed E-state index contributed by atoms with van der Waals surface area (Å²) in [6, 6.07) is 7.76. The van der Waals surface area contributed by atoms with Crippen LogP contribution in [0.4, 0.5) is 5.69 Å². The zero-order valence-electron chi connectivity index (χ0n) is 10.6. The Labute approximate surface area is 107 Å². The molecule has 1 N–H and O–H groups in total. The predicted molar refractivity (Wildman–Crippen MR) is 69.4 cm³/mol. The average molecular weight is 246 g/mol. The van der Waals surface area contributed by atoms with Gasteiger partial charge in [-0.2, -0.15) is 0 Å². The fourth-order valence-electron chi connectivity index (χ4n) is 2.42. The molecule has 18 heavy (non-hydrogen) atoms. The number of rotatable bonds is 2. The Morgan fingerprint density at radius 1 is 1.17 bits per heavy atom. The Kier molecular flexibility index (Phi) is 2.64. The van der Waals surface area contributed by atoms with Crippen molar-refractivity contribution in [2.45, 2.75) is 18.4 Å². The third kappa shape index (κ3) is 2.02. The second kappa shape index (κ2) is 4.07. The van der Waals surface area contributed by atoms with Crippen LogP contribution >= 0.6 is 0 Å². The zero-order chi connectivity index (χ0) is 12.8. The normalized spacial score (nSPS) is 23.2. The number of nitrogens with zero attached hydrogens (tertiary/aromatic N) is 2. The number of anilines is 1. The third-order valence-electron chi connectivity index (χ3n) is 3.85. The molecule has 1 aromatic carbocycles. The van der Waals surface area contributed by atoms with Crippen LogP contribution in [-0.2, 0) is 10.4 Å². The number of hydrogen-bond acceptors (Lipinski definition) is 3. The summed E-state index contributed by atoms with van der Waals surface area (Å²) in [7, 11) is 1.96. The van der Waals surface area contributed by atoms with Crippen LogP contribution in [0.15, 0.2) is 24.3 Å². The summed E-state index contributed by atoms with van der Waals surface area (Å²) >= 11 is 0. The lowest BCUT2D eigenvalue weighted by Crippen LogP contribution is -2.48. The van der Waals surface area contributed by atoms with Crippen molar-refractivity contribution in [3.8, 4) is 0 Å². The summed E-state index contributed by atoms with van der Waals surface area (Å²) in [5.41, 5.74) is 1.30. The third-order valence-corrected chi connectivity index (χ3v) is 3.85. The first-order valence-corrected chi connectivity index (χ1v) is 6.40. The first-order chi connectivity index (χ1) is 8.58. The van der Waals surface area contributed by atoms with Crippen molar-refractivity contribution in [2.24, 2.45) is 0 Å². The van der Waals surface area contributed by atoms with Crippen LogP contribution in [0.3, 0.4) is 0 Å². The van der Waals surface area contributed by atoms with E-state index in [1.54, 1.807) is 0 Å². The molecule has 3 rings (SSSR count). The van der Waals surface area contributed by atoms with Gasteiger partial charge < -0.3 is 10.0 Å². The molecule has 96 valence electrons. The largest absolute Gasteiger partial charge is 0.385 e.